The third kappa shape index (κ3) is 2.96. The van der Waals surface area contributed by atoms with Crippen LogP contribution in [0.25, 0.3) is 11.1 Å². The smallest absolute Gasteiger partial charge is 0.345 e. The number of hydrogen-bond acceptors (Lipinski definition) is 6. The van der Waals surface area contributed by atoms with Gasteiger partial charge in [0.05, 0.1) is 21.3 Å². The van der Waals surface area contributed by atoms with Crippen LogP contribution in [0.1, 0.15) is 20.7 Å². The number of carbonyl (C=O) groups excluding carboxylic acids is 2. The van der Waals surface area contributed by atoms with Crippen LogP contribution in [0.2, 0.25) is 0 Å². The molecule has 2 aromatic carbocycles. The number of esters is 2. The predicted octanol–water partition coefficient (Wildman–Crippen LogP) is 2.64. The number of phenolic OH excluding ortho intramolecular Hbond substituents is 1. The molecule has 0 atom stereocenters. The van der Waals surface area contributed by atoms with Gasteiger partial charge in [-0.1, -0.05) is 30.3 Å². The number of methoxy groups -OCH3 is 3. The highest BCUT2D eigenvalue weighted by atomic mass is 16.5. The van der Waals surface area contributed by atoms with Crippen molar-refractivity contribution in [3.63, 3.8) is 0 Å². The summed E-state index contributed by atoms with van der Waals surface area (Å²) >= 11 is 0. The van der Waals surface area contributed by atoms with Gasteiger partial charge in [-0.2, -0.15) is 0 Å². The number of phenols is 1. The van der Waals surface area contributed by atoms with Crippen molar-refractivity contribution in [3.05, 3.63) is 47.5 Å². The maximum atomic E-state index is 12.2. The molecule has 2 rings (SSSR count). The molecule has 1 N–H and O–H groups in total. The van der Waals surface area contributed by atoms with Gasteiger partial charge in [0.25, 0.3) is 0 Å². The van der Waals surface area contributed by atoms with E-state index in [1.165, 1.54) is 27.4 Å². The van der Waals surface area contributed by atoms with Crippen LogP contribution in [0.4, 0.5) is 0 Å². The van der Waals surface area contributed by atoms with E-state index >= 15 is 0 Å². The average Bonchev–Trinajstić information content (AvgIpc) is 2.60. The summed E-state index contributed by atoms with van der Waals surface area (Å²) in [5.74, 6) is -1.95. The Hall–Kier alpha value is -3.02. The van der Waals surface area contributed by atoms with E-state index in [0.717, 1.165) is 0 Å². The quantitative estimate of drug-likeness (QED) is 0.873. The van der Waals surface area contributed by atoms with Gasteiger partial charge in [0.2, 0.25) is 0 Å². The van der Waals surface area contributed by atoms with Crippen molar-refractivity contribution in [1.82, 2.24) is 0 Å². The summed E-state index contributed by atoms with van der Waals surface area (Å²) in [6.45, 7) is 0. The molecule has 0 aromatic heterocycles. The lowest BCUT2D eigenvalue weighted by molar-refractivity contribution is 0.0590. The van der Waals surface area contributed by atoms with E-state index in [-0.39, 0.29) is 22.6 Å². The zero-order chi connectivity index (χ0) is 17.0. The van der Waals surface area contributed by atoms with Gasteiger partial charge in [0.15, 0.2) is 5.75 Å². The van der Waals surface area contributed by atoms with E-state index in [1.54, 1.807) is 24.3 Å². The summed E-state index contributed by atoms with van der Waals surface area (Å²) in [6, 6.07) is 10.2. The van der Waals surface area contributed by atoms with Crippen molar-refractivity contribution in [2.75, 3.05) is 21.3 Å². The molecule has 0 aliphatic rings. The maximum absolute atomic E-state index is 12.2. The van der Waals surface area contributed by atoms with Crippen LogP contribution in [0.15, 0.2) is 36.4 Å². The molecule has 0 aliphatic heterocycles. The summed E-state index contributed by atoms with van der Waals surface area (Å²) in [7, 11) is 3.69. The van der Waals surface area contributed by atoms with Crippen molar-refractivity contribution in [2.24, 2.45) is 0 Å². The third-order valence-electron chi connectivity index (χ3n) is 3.33. The molecule has 0 fully saturated rings. The molecular weight excluding hydrogens is 300 g/mol. The average molecular weight is 316 g/mol. The van der Waals surface area contributed by atoms with Gasteiger partial charge in [-0.25, -0.2) is 9.59 Å². The van der Waals surface area contributed by atoms with Crippen LogP contribution in [0.5, 0.6) is 11.5 Å². The molecule has 0 amide bonds. The van der Waals surface area contributed by atoms with Crippen molar-refractivity contribution in [2.45, 2.75) is 0 Å². The highest BCUT2D eigenvalue weighted by molar-refractivity contribution is 6.07. The fraction of sp³-hybridized carbons (Fsp3) is 0.176. The van der Waals surface area contributed by atoms with E-state index in [9.17, 15) is 14.7 Å². The second kappa shape index (κ2) is 6.83. The van der Waals surface area contributed by atoms with Gasteiger partial charge in [-0.05, 0) is 11.6 Å². The Morgan fingerprint density at radius 2 is 1.48 bits per heavy atom. The van der Waals surface area contributed by atoms with Gasteiger partial charge in [-0.15, -0.1) is 0 Å². The number of rotatable bonds is 4. The van der Waals surface area contributed by atoms with Gasteiger partial charge in [-0.3, -0.25) is 0 Å². The minimum atomic E-state index is -0.816. The second-order valence-electron chi connectivity index (χ2n) is 4.58. The largest absolute Gasteiger partial charge is 0.507 e. The highest BCUT2D eigenvalue weighted by Crippen LogP contribution is 2.40. The Kier molecular flexibility index (Phi) is 4.85. The molecule has 120 valence electrons. The van der Waals surface area contributed by atoms with E-state index < -0.39 is 11.9 Å². The van der Waals surface area contributed by atoms with Gasteiger partial charge in [0, 0.05) is 5.56 Å². The number of carbonyl (C=O) groups is 2. The van der Waals surface area contributed by atoms with Crippen molar-refractivity contribution >= 4 is 11.9 Å². The molecular formula is C17H16O6. The molecule has 0 saturated heterocycles. The minimum absolute atomic E-state index is 0.0411. The van der Waals surface area contributed by atoms with Crippen LogP contribution in [0.3, 0.4) is 0 Å². The minimum Gasteiger partial charge on any atom is -0.507 e. The van der Waals surface area contributed by atoms with Crippen LogP contribution < -0.4 is 4.74 Å². The zero-order valence-electron chi connectivity index (χ0n) is 13.0. The molecule has 0 aliphatic carbocycles. The van der Waals surface area contributed by atoms with E-state index in [2.05, 4.69) is 4.74 Å². The van der Waals surface area contributed by atoms with Gasteiger partial charge >= 0.3 is 11.9 Å². The van der Waals surface area contributed by atoms with Gasteiger partial charge in [0.1, 0.15) is 16.9 Å². The third-order valence-corrected chi connectivity index (χ3v) is 3.33. The topological polar surface area (TPSA) is 82.1 Å². The molecule has 0 heterocycles. The first kappa shape index (κ1) is 16.4. The predicted molar refractivity (Wildman–Crippen MR) is 82.8 cm³/mol. The Bertz CT molecular complexity index is 736. The maximum Gasteiger partial charge on any atom is 0.345 e. The molecule has 0 unspecified atom stereocenters. The highest BCUT2D eigenvalue weighted by Gasteiger charge is 2.29. The van der Waals surface area contributed by atoms with Crippen molar-refractivity contribution in [3.8, 4) is 22.6 Å². The molecule has 0 radical (unpaired) electrons. The number of ether oxygens (including phenoxy) is 3. The number of hydrogen-bond donors (Lipinski definition) is 1. The fourth-order valence-corrected chi connectivity index (χ4v) is 2.30. The molecule has 2 aromatic rings. The summed E-state index contributed by atoms with van der Waals surface area (Å²) in [6.07, 6.45) is 0. The lowest BCUT2D eigenvalue weighted by Crippen LogP contribution is -2.12. The molecule has 0 bridgehead atoms. The lowest BCUT2D eigenvalue weighted by atomic mass is 9.95. The first-order valence-corrected chi connectivity index (χ1v) is 6.71. The first-order chi connectivity index (χ1) is 11.0. The summed E-state index contributed by atoms with van der Waals surface area (Å²) in [5.41, 5.74) is 0.867. The summed E-state index contributed by atoms with van der Waals surface area (Å²) in [4.78, 5) is 24.1. The number of benzene rings is 2. The Morgan fingerprint density at radius 1 is 0.913 bits per heavy atom. The van der Waals surface area contributed by atoms with E-state index in [1.807, 2.05) is 6.07 Å². The van der Waals surface area contributed by atoms with Gasteiger partial charge < -0.3 is 19.3 Å². The molecule has 0 saturated carbocycles. The molecule has 23 heavy (non-hydrogen) atoms. The van der Waals surface area contributed by atoms with Crippen LogP contribution in [0, 0.1) is 0 Å². The Labute approximate surface area is 133 Å². The fourth-order valence-electron chi connectivity index (χ4n) is 2.30. The SMILES string of the molecule is COC(=O)c1c(O)cc(-c2ccccc2)c(C(=O)OC)c1OC. The van der Waals surface area contributed by atoms with E-state index in [4.69, 9.17) is 9.47 Å². The first-order valence-electron chi connectivity index (χ1n) is 6.71. The lowest BCUT2D eigenvalue weighted by Gasteiger charge is -2.17. The van der Waals surface area contributed by atoms with Crippen molar-refractivity contribution in [1.29, 1.82) is 0 Å². The molecule has 6 nitrogen and oxygen atoms in total. The van der Waals surface area contributed by atoms with Crippen LogP contribution in [-0.2, 0) is 9.47 Å². The summed E-state index contributed by atoms with van der Waals surface area (Å²) < 4.78 is 14.6. The Balaban J connectivity index is 2.85. The monoisotopic (exact) mass is 316 g/mol. The standard InChI is InChI=1S/C17H16O6/c1-21-15-13(16(19)22-2)11(10-7-5-4-6-8-10)9-12(18)14(15)17(20)23-3/h4-9,18H,1-3H3. The normalized spacial score (nSPS) is 10.0. The summed E-state index contributed by atoms with van der Waals surface area (Å²) in [5, 5.41) is 10.2. The van der Waals surface area contributed by atoms with E-state index in [0.29, 0.717) is 11.1 Å². The molecule has 6 heteroatoms. The van der Waals surface area contributed by atoms with Crippen molar-refractivity contribution < 1.29 is 28.9 Å². The number of aromatic hydroxyl groups is 1. The Morgan fingerprint density at radius 3 is 2.00 bits per heavy atom. The van der Waals surface area contributed by atoms with Crippen LogP contribution >= 0.6 is 0 Å². The second-order valence-corrected chi connectivity index (χ2v) is 4.58. The van der Waals surface area contributed by atoms with Crippen LogP contribution in [-0.4, -0.2) is 38.4 Å². The zero-order valence-corrected chi connectivity index (χ0v) is 13.0. The molecule has 0 spiro atoms.